The predicted molar refractivity (Wildman–Crippen MR) is 53.3 cm³/mol. The molecule has 0 N–H and O–H groups in total. The Morgan fingerprint density at radius 2 is 2.00 bits per heavy atom. The maximum absolute atomic E-state index is 8.63. The van der Waals surface area contributed by atoms with Gasteiger partial charge in [-0.15, -0.1) is 0 Å². The van der Waals surface area contributed by atoms with Gasteiger partial charge < -0.3 is 0 Å². The standard InChI is InChI=1S/C9H7BrClN/c10-9(11,7-12)6-8-4-2-1-3-5-8/h1-5H,6H2/t9-/m1/s1. The number of rotatable bonds is 2. The van der Waals surface area contributed by atoms with E-state index in [0.29, 0.717) is 6.42 Å². The molecule has 1 rings (SSSR count). The van der Waals surface area contributed by atoms with Crippen molar-refractivity contribution in [1.82, 2.24) is 0 Å². The second-order valence-electron chi connectivity index (χ2n) is 2.48. The molecule has 0 radical (unpaired) electrons. The number of nitrogens with zero attached hydrogens (tertiary/aromatic N) is 1. The fourth-order valence-corrected chi connectivity index (χ4v) is 1.37. The van der Waals surface area contributed by atoms with Gasteiger partial charge in [-0.3, -0.25) is 0 Å². The van der Waals surface area contributed by atoms with Crippen LogP contribution in [0.4, 0.5) is 0 Å². The van der Waals surface area contributed by atoms with Gasteiger partial charge in [-0.25, -0.2) is 0 Å². The molecule has 1 atom stereocenters. The zero-order valence-electron chi connectivity index (χ0n) is 6.30. The molecule has 12 heavy (non-hydrogen) atoms. The number of hydrogen-bond donors (Lipinski definition) is 0. The predicted octanol–water partition coefficient (Wildman–Crippen LogP) is 3.08. The van der Waals surface area contributed by atoms with Crippen LogP contribution in [0.5, 0.6) is 0 Å². The Kier molecular flexibility index (Phi) is 3.13. The minimum absolute atomic E-state index is 0.506. The second-order valence-corrected chi connectivity index (χ2v) is 4.93. The summed E-state index contributed by atoms with van der Waals surface area (Å²) < 4.78 is -0.964. The third-order valence-corrected chi connectivity index (χ3v) is 2.11. The van der Waals surface area contributed by atoms with Crippen LogP contribution in [0.2, 0.25) is 0 Å². The van der Waals surface area contributed by atoms with E-state index in [4.69, 9.17) is 16.9 Å². The summed E-state index contributed by atoms with van der Waals surface area (Å²) in [6.45, 7) is 0. The summed E-state index contributed by atoms with van der Waals surface area (Å²) in [7, 11) is 0. The van der Waals surface area contributed by atoms with Crippen LogP contribution in [-0.4, -0.2) is 3.78 Å². The molecule has 0 aliphatic rings. The number of nitriles is 1. The molecule has 0 spiro atoms. The van der Waals surface area contributed by atoms with Gasteiger partial charge in [0.05, 0.1) is 6.07 Å². The minimum atomic E-state index is -0.964. The first kappa shape index (κ1) is 9.57. The van der Waals surface area contributed by atoms with Crippen LogP contribution >= 0.6 is 27.5 Å². The van der Waals surface area contributed by atoms with Crippen molar-refractivity contribution in [3.63, 3.8) is 0 Å². The summed E-state index contributed by atoms with van der Waals surface area (Å²) in [5.41, 5.74) is 1.05. The van der Waals surface area contributed by atoms with E-state index in [1.807, 2.05) is 36.4 Å². The Morgan fingerprint density at radius 3 is 2.50 bits per heavy atom. The Balaban J connectivity index is 2.72. The van der Waals surface area contributed by atoms with Gasteiger partial charge in [0, 0.05) is 6.42 Å². The van der Waals surface area contributed by atoms with E-state index in [1.54, 1.807) is 0 Å². The van der Waals surface area contributed by atoms with Gasteiger partial charge in [-0.2, -0.15) is 5.26 Å². The highest BCUT2D eigenvalue weighted by Gasteiger charge is 2.22. The first-order valence-electron chi connectivity index (χ1n) is 3.47. The van der Waals surface area contributed by atoms with E-state index < -0.39 is 3.78 Å². The second kappa shape index (κ2) is 3.93. The van der Waals surface area contributed by atoms with Crippen molar-refractivity contribution >= 4 is 27.5 Å². The molecular formula is C9H7BrClN. The van der Waals surface area contributed by atoms with Gasteiger partial charge in [0.1, 0.15) is 0 Å². The summed E-state index contributed by atoms with van der Waals surface area (Å²) in [5, 5.41) is 8.63. The lowest BCUT2D eigenvalue weighted by atomic mass is 10.1. The van der Waals surface area contributed by atoms with Crippen molar-refractivity contribution in [2.24, 2.45) is 0 Å². The molecule has 3 heteroatoms. The number of benzene rings is 1. The zero-order valence-corrected chi connectivity index (χ0v) is 8.64. The van der Waals surface area contributed by atoms with Crippen LogP contribution in [0, 0.1) is 11.3 Å². The van der Waals surface area contributed by atoms with E-state index in [0.717, 1.165) is 5.56 Å². The molecule has 0 saturated heterocycles. The summed E-state index contributed by atoms with van der Waals surface area (Å²) in [5.74, 6) is 0. The minimum Gasteiger partial charge on any atom is -0.195 e. The van der Waals surface area contributed by atoms with Crippen molar-refractivity contribution in [1.29, 1.82) is 5.26 Å². The molecule has 0 bridgehead atoms. The SMILES string of the molecule is N#C[C@@](Cl)(Br)Cc1ccccc1. The van der Waals surface area contributed by atoms with E-state index in [2.05, 4.69) is 15.9 Å². The molecule has 0 aliphatic carbocycles. The third-order valence-electron chi connectivity index (χ3n) is 1.43. The van der Waals surface area contributed by atoms with Crippen LogP contribution in [0.25, 0.3) is 0 Å². The Hall–Kier alpha value is -0.520. The average Bonchev–Trinajstić information content (AvgIpc) is 2.06. The quantitative estimate of drug-likeness (QED) is 0.734. The van der Waals surface area contributed by atoms with Gasteiger partial charge in [-0.05, 0) is 5.56 Å². The summed E-state index contributed by atoms with van der Waals surface area (Å²) >= 11 is 8.93. The van der Waals surface area contributed by atoms with Crippen LogP contribution in [0.15, 0.2) is 30.3 Å². The highest BCUT2D eigenvalue weighted by atomic mass is 79.9. The normalized spacial score (nSPS) is 14.8. The van der Waals surface area contributed by atoms with Crippen molar-refractivity contribution in [2.75, 3.05) is 0 Å². The third kappa shape index (κ3) is 2.84. The maximum atomic E-state index is 8.63. The highest BCUT2D eigenvalue weighted by Crippen LogP contribution is 2.26. The van der Waals surface area contributed by atoms with Crippen molar-refractivity contribution in [2.45, 2.75) is 10.2 Å². The van der Waals surface area contributed by atoms with Gasteiger partial charge in [0.25, 0.3) is 0 Å². The van der Waals surface area contributed by atoms with Gasteiger partial charge in [0.15, 0.2) is 3.78 Å². The van der Waals surface area contributed by atoms with E-state index in [9.17, 15) is 0 Å². The fraction of sp³-hybridized carbons (Fsp3) is 0.222. The first-order valence-corrected chi connectivity index (χ1v) is 4.64. The molecule has 0 fully saturated rings. The summed E-state index contributed by atoms with van der Waals surface area (Å²) in [6.07, 6.45) is 0.506. The molecule has 0 saturated carbocycles. The lowest BCUT2D eigenvalue weighted by molar-refractivity contribution is 0.975. The monoisotopic (exact) mass is 243 g/mol. The van der Waals surface area contributed by atoms with Gasteiger partial charge in [0.2, 0.25) is 0 Å². The molecular weight excluding hydrogens is 237 g/mol. The van der Waals surface area contributed by atoms with E-state index >= 15 is 0 Å². The Labute approximate surface area is 85.1 Å². The fourth-order valence-electron chi connectivity index (χ4n) is 0.892. The average molecular weight is 245 g/mol. The molecule has 0 heterocycles. The number of alkyl halides is 2. The Morgan fingerprint density at radius 1 is 1.42 bits per heavy atom. The van der Waals surface area contributed by atoms with Crippen LogP contribution in [0.3, 0.4) is 0 Å². The molecule has 0 aromatic heterocycles. The lowest BCUT2D eigenvalue weighted by Crippen LogP contribution is -2.11. The van der Waals surface area contributed by atoms with Crippen LogP contribution in [-0.2, 0) is 6.42 Å². The van der Waals surface area contributed by atoms with Crippen molar-refractivity contribution in [3.8, 4) is 6.07 Å². The largest absolute Gasteiger partial charge is 0.195 e. The summed E-state index contributed by atoms with van der Waals surface area (Å²) in [6, 6.07) is 11.6. The smallest absolute Gasteiger partial charge is 0.188 e. The number of halogens is 2. The molecule has 0 amide bonds. The van der Waals surface area contributed by atoms with Crippen molar-refractivity contribution < 1.29 is 0 Å². The van der Waals surface area contributed by atoms with Gasteiger partial charge >= 0.3 is 0 Å². The molecule has 1 aromatic carbocycles. The zero-order chi connectivity index (χ0) is 9.03. The highest BCUT2D eigenvalue weighted by molar-refractivity contribution is 9.10. The van der Waals surface area contributed by atoms with Crippen LogP contribution < -0.4 is 0 Å². The van der Waals surface area contributed by atoms with E-state index in [-0.39, 0.29) is 0 Å². The molecule has 0 unspecified atom stereocenters. The molecule has 62 valence electrons. The van der Waals surface area contributed by atoms with Crippen molar-refractivity contribution in [3.05, 3.63) is 35.9 Å². The summed E-state index contributed by atoms with van der Waals surface area (Å²) in [4.78, 5) is 0. The van der Waals surface area contributed by atoms with E-state index in [1.165, 1.54) is 0 Å². The lowest BCUT2D eigenvalue weighted by Gasteiger charge is -2.09. The number of hydrogen-bond acceptors (Lipinski definition) is 1. The molecule has 0 aliphatic heterocycles. The Bertz CT molecular complexity index is 289. The topological polar surface area (TPSA) is 23.8 Å². The van der Waals surface area contributed by atoms with Gasteiger partial charge in [-0.1, -0.05) is 57.9 Å². The molecule has 1 aromatic rings. The first-order chi connectivity index (χ1) is 5.64. The maximum Gasteiger partial charge on any atom is 0.188 e. The molecule has 1 nitrogen and oxygen atoms in total. The van der Waals surface area contributed by atoms with Crippen LogP contribution in [0.1, 0.15) is 5.56 Å².